The fraction of sp³-hybridized carbons (Fsp3) is 0.680. The second-order valence-electron chi connectivity index (χ2n) is 16.6. The minimum absolute atomic E-state index is 0.0108. The first kappa shape index (κ1) is 56.9. The van der Waals surface area contributed by atoms with Gasteiger partial charge in [0.2, 0.25) is 5.91 Å². The van der Waals surface area contributed by atoms with E-state index in [0.717, 1.165) is 19.4 Å². The number of nitrogens with zero attached hydrogens (tertiary/aromatic N) is 3. The molecule has 3 unspecified atom stereocenters. The van der Waals surface area contributed by atoms with E-state index in [1.54, 1.807) is 37.1 Å². The van der Waals surface area contributed by atoms with Crippen molar-refractivity contribution in [3.8, 4) is 40.7 Å². The Labute approximate surface area is 399 Å². The minimum atomic E-state index is -4.63. The highest BCUT2D eigenvalue weighted by molar-refractivity contribution is 7.45. The third kappa shape index (κ3) is 22.1. The Morgan fingerprint density at radius 1 is 0.879 bits per heavy atom. The fourth-order valence-electron chi connectivity index (χ4n) is 7.66. The molecule has 2 heterocycles. The molecule has 1 aliphatic heterocycles. The molecule has 16 heteroatoms. The van der Waals surface area contributed by atoms with Crippen molar-refractivity contribution < 1.29 is 51.8 Å². The van der Waals surface area contributed by atoms with Crippen LogP contribution in [0.4, 0.5) is 0 Å². The standard InChI is InChI=1S/C50H75ClN3O11P/c1-6-8-9-10-11-12-13-14-15-16-17-18-19-22-25-34-60-40-61-38-44(39-65-66(57,58)64-35-33-52(4)7-2)62-41-63-50-28-26-32-53(50)49(56)37-45-42(3)54(48(55)27-23-20-21-24-31-51)47-30-29-43(59-5)36-46(45)47/h29-30,36,44,50H,6-19,22,25-26,28,32-35,37-41H2,1-5H3,(H,57,58)/p-1. The molecule has 1 saturated heterocycles. The van der Waals surface area contributed by atoms with Gasteiger partial charge in [0.1, 0.15) is 31.7 Å². The smallest absolute Gasteiger partial charge is 0.308 e. The molecule has 3 atom stereocenters. The molecule has 3 rings (SSSR count). The van der Waals surface area contributed by atoms with Gasteiger partial charge in [-0.05, 0) is 87.0 Å². The van der Waals surface area contributed by atoms with Crippen molar-refractivity contribution in [2.75, 3.05) is 73.8 Å². The van der Waals surface area contributed by atoms with Crippen molar-refractivity contribution >= 4 is 42.1 Å². The second-order valence-corrected chi connectivity index (χ2v) is 18.2. The molecule has 1 fully saturated rings. The SMILES string of the molecule is CCCCCCCCCCCCCCCCCOCOCC(COP(=O)([O-])OCCN(C)CC)OCOC1CCCN1C(=O)Cc1c(C)n(C(=O)C#CC#CC#CCl)c2ccc(OC)cc12. The Balaban J connectivity index is 1.50. The summed E-state index contributed by atoms with van der Waals surface area (Å²) in [6, 6.07) is 5.27. The topological polar surface area (TPSA) is 150 Å². The van der Waals surface area contributed by atoms with Crippen LogP contribution in [-0.2, 0) is 43.8 Å². The van der Waals surface area contributed by atoms with Crippen LogP contribution in [0.15, 0.2) is 18.2 Å². The van der Waals surface area contributed by atoms with Crippen molar-refractivity contribution in [1.82, 2.24) is 14.4 Å². The van der Waals surface area contributed by atoms with Gasteiger partial charge >= 0.3 is 5.91 Å². The van der Waals surface area contributed by atoms with Crippen molar-refractivity contribution in [2.45, 2.75) is 149 Å². The summed E-state index contributed by atoms with van der Waals surface area (Å²) in [5.41, 5.74) is 1.77. The quantitative estimate of drug-likeness (QED) is 0.0281. The third-order valence-corrected chi connectivity index (χ3v) is 12.7. The molecule has 0 bridgehead atoms. The van der Waals surface area contributed by atoms with Crippen LogP contribution >= 0.6 is 19.4 Å². The van der Waals surface area contributed by atoms with E-state index in [9.17, 15) is 19.0 Å². The molecule has 0 aliphatic carbocycles. The van der Waals surface area contributed by atoms with Gasteiger partial charge in [0, 0.05) is 53.9 Å². The zero-order valence-electron chi connectivity index (χ0n) is 40.1. The first-order valence-corrected chi connectivity index (χ1v) is 25.7. The number of ether oxygens (including phenoxy) is 5. The maximum Gasteiger partial charge on any atom is 0.308 e. The highest BCUT2D eigenvalue weighted by Gasteiger charge is 2.31. The number of aromatic nitrogens is 1. The number of phosphoric acid groups is 1. The minimum Gasteiger partial charge on any atom is -0.756 e. The van der Waals surface area contributed by atoms with Gasteiger partial charge in [-0.1, -0.05) is 104 Å². The maximum absolute atomic E-state index is 14.0. The fourth-order valence-corrected chi connectivity index (χ4v) is 8.43. The van der Waals surface area contributed by atoms with Gasteiger partial charge in [-0.2, -0.15) is 0 Å². The van der Waals surface area contributed by atoms with E-state index < -0.39 is 26.1 Å². The van der Waals surface area contributed by atoms with Crippen LogP contribution in [-0.4, -0.2) is 112 Å². The van der Waals surface area contributed by atoms with Crippen molar-refractivity contribution in [3.63, 3.8) is 0 Å². The predicted molar refractivity (Wildman–Crippen MR) is 257 cm³/mol. The summed E-state index contributed by atoms with van der Waals surface area (Å²) in [4.78, 5) is 43.4. The summed E-state index contributed by atoms with van der Waals surface area (Å²) < 4.78 is 53.2. The summed E-state index contributed by atoms with van der Waals surface area (Å²) in [7, 11) is -1.23. The largest absolute Gasteiger partial charge is 0.756 e. The highest BCUT2D eigenvalue weighted by atomic mass is 35.5. The van der Waals surface area contributed by atoms with Gasteiger partial charge in [-0.3, -0.25) is 18.7 Å². The zero-order valence-corrected chi connectivity index (χ0v) is 41.8. The second kappa shape index (κ2) is 34.0. The van der Waals surface area contributed by atoms with E-state index in [1.165, 1.54) is 88.0 Å². The summed E-state index contributed by atoms with van der Waals surface area (Å²) >= 11 is 5.33. The number of likely N-dealkylation sites (tertiary alicyclic amines) is 1. The predicted octanol–water partition coefficient (Wildman–Crippen LogP) is 8.97. The molecule has 14 nitrogen and oxygen atoms in total. The van der Waals surface area contributed by atoms with Gasteiger partial charge in [-0.15, -0.1) is 0 Å². The molecule has 1 aromatic heterocycles. The van der Waals surface area contributed by atoms with Crippen molar-refractivity contribution in [3.05, 3.63) is 29.5 Å². The average molecular weight is 960 g/mol. The number of rotatable bonds is 35. The number of fused-ring (bicyclic) bond motifs is 1. The molecular weight excluding hydrogens is 885 g/mol. The number of amides is 1. The van der Waals surface area contributed by atoms with Crippen LogP contribution < -0.4 is 9.63 Å². The molecule has 2 aromatic rings. The van der Waals surface area contributed by atoms with Crippen LogP contribution in [0.25, 0.3) is 10.9 Å². The molecule has 368 valence electrons. The van der Waals surface area contributed by atoms with Crippen molar-refractivity contribution in [1.29, 1.82) is 0 Å². The van der Waals surface area contributed by atoms with Gasteiger partial charge in [0.25, 0.3) is 7.82 Å². The van der Waals surface area contributed by atoms with Crippen LogP contribution in [0, 0.1) is 41.9 Å². The number of carbonyl (C=O) groups is 2. The zero-order chi connectivity index (χ0) is 47.8. The molecule has 0 N–H and O–H groups in total. The van der Waals surface area contributed by atoms with Gasteiger partial charge in [-0.25, -0.2) is 0 Å². The Kier molecular flexibility index (Phi) is 29.3. The number of hydrogen-bond acceptors (Lipinski definition) is 12. The lowest BCUT2D eigenvalue weighted by Crippen LogP contribution is -2.39. The van der Waals surface area contributed by atoms with Crippen LogP contribution in [0.5, 0.6) is 5.75 Å². The number of hydrogen-bond donors (Lipinski definition) is 0. The molecule has 0 saturated carbocycles. The molecule has 1 aromatic carbocycles. The Hall–Kier alpha value is -3.42. The number of halogens is 1. The number of likely N-dealkylation sites (N-methyl/N-ethyl adjacent to an activating group) is 1. The lowest BCUT2D eigenvalue weighted by Gasteiger charge is -2.28. The Morgan fingerprint density at radius 3 is 2.20 bits per heavy atom. The first-order valence-electron chi connectivity index (χ1n) is 23.9. The summed E-state index contributed by atoms with van der Waals surface area (Å²) in [6.45, 7) is 7.45. The number of phosphoric ester groups is 1. The van der Waals surface area contributed by atoms with E-state index >= 15 is 0 Å². The lowest BCUT2D eigenvalue weighted by atomic mass is 10.0. The number of unbranched alkanes of at least 4 members (excludes halogenated alkanes) is 14. The summed E-state index contributed by atoms with van der Waals surface area (Å²) in [6.07, 6.45) is 19.1. The average Bonchev–Trinajstić information content (AvgIpc) is 3.89. The van der Waals surface area contributed by atoms with E-state index in [-0.39, 0.29) is 45.7 Å². The van der Waals surface area contributed by atoms with Gasteiger partial charge < -0.3 is 47.4 Å². The van der Waals surface area contributed by atoms with Crippen LogP contribution in [0.1, 0.15) is 139 Å². The Morgan fingerprint density at radius 2 is 1.55 bits per heavy atom. The summed E-state index contributed by atoms with van der Waals surface area (Å²) in [5, 5.41) is 2.80. The van der Waals surface area contributed by atoms with Crippen LogP contribution in [0.2, 0.25) is 0 Å². The molecular formula is C50H74ClN3O11P-. The first-order chi connectivity index (χ1) is 32.0. The summed E-state index contributed by atoms with van der Waals surface area (Å²) in [5.74, 6) is 12.1. The molecule has 66 heavy (non-hydrogen) atoms. The lowest BCUT2D eigenvalue weighted by molar-refractivity contribution is -0.232. The molecule has 0 spiro atoms. The monoisotopic (exact) mass is 958 g/mol. The van der Waals surface area contributed by atoms with Crippen molar-refractivity contribution in [2.24, 2.45) is 0 Å². The normalized spacial score (nSPS) is 14.8. The number of carbonyl (C=O) groups excluding carboxylic acids is 2. The maximum atomic E-state index is 14.0. The Bertz CT molecular complexity index is 1980. The number of methoxy groups -OCH3 is 1. The number of benzene rings is 1. The van der Waals surface area contributed by atoms with E-state index in [0.29, 0.717) is 60.4 Å². The molecule has 1 aliphatic rings. The molecule has 0 radical (unpaired) electrons. The molecule has 1 amide bonds. The third-order valence-electron chi connectivity index (χ3n) is 11.6. The van der Waals surface area contributed by atoms with Gasteiger partial charge in [0.15, 0.2) is 0 Å². The van der Waals surface area contributed by atoms with Crippen LogP contribution in [0.3, 0.4) is 0 Å². The highest BCUT2D eigenvalue weighted by Crippen LogP contribution is 2.38. The van der Waals surface area contributed by atoms with E-state index in [1.807, 2.05) is 18.9 Å². The van der Waals surface area contributed by atoms with Gasteiger partial charge in [0.05, 0.1) is 38.9 Å². The van der Waals surface area contributed by atoms with E-state index in [4.69, 9.17) is 44.3 Å². The van der Waals surface area contributed by atoms with E-state index in [2.05, 4.69) is 41.9 Å².